The number of nitrogens with one attached hydrogen (secondary N) is 1. The summed E-state index contributed by atoms with van der Waals surface area (Å²) in [6.45, 7) is 2.01. The van der Waals surface area contributed by atoms with Crippen LogP contribution in [-0.4, -0.2) is 46.7 Å². The Morgan fingerprint density at radius 1 is 1.40 bits per heavy atom. The standard InChI is InChI=1S/C10H23NO3S/c1-9(14-3)8-10(11-2)6-5-7-15(4,12)13/h9-11H,5-8H2,1-4H3. The third-order valence-electron chi connectivity index (χ3n) is 2.49. The lowest BCUT2D eigenvalue weighted by molar-refractivity contribution is 0.100. The maximum absolute atomic E-state index is 10.9. The minimum atomic E-state index is -2.82. The molecule has 0 aliphatic heterocycles. The molecule has 0 fully saturated rings. The van der Waals surface area contributed by atoms with E-state index in [0.29, 0.717) is 12.5 Å². The van der Waals surface area contributed by atoms with E-state index < -0.39 is 9.84 Å². The van der Waals surface area contributed by atoms with E-state index in [1.165, 1.54) is 6.26 Å². The fraction of sp³-hybridized carbons (Fsp3) is 1.00. The van der Waals surface area contributed by atoms with Gasteiger partial charge in [-0.1, -0.05) is 0 Å². The summed E-state index contributed by atoms with van der Waals surface area (Å²) < 4.78 is 27.0. The van der Waals surface area contributed by atoms with Crippen LogP contribution in [0.25, 0.3) is 0 Å². The van der Waals surface area contributed by atoms with Crippen molar-refractivity contribution in [2.45, 2.75) is 38.3 Å². The molecule has 0 spiro atoms. The molecule has 92 valence electrons. The van der Waals surface area contributed by atoms with Crippen LogP contribution in [0.4, 0.5) is 0 Å². The van der Waals surface area contributed by atoms with Crippen molar-refractivity contribution in [3.8, 4) is 0 Å². The van der Waals surface area contributed by atoms with Crippen molar-refractivity contribution < 1.29 is 13.2 Å². The van der Waals surface area contributed by atoms with Gasteiger partial charge in [0.15, 0.2) is 0 Å². The summed E-state index contributed by atoms with van der Waals surface area (Å²) in [5.41, 5.74) is 0. The molecule has 0 saturated heterocycles. The van der Waals surface area contributed by atoms with E-state index in [2.05, 4.69) is 5.32 Å². The smallest absolute Gasteiger partial charge is 0.147 e. The fourth-order valence-electron chi connectivity index (χ4n) is 1.47. The summed E-state index contributed by atoms with van der Waals surface area (Å²) >= 11 is 0. The van der Waals surface area contributed by atoms with Gasteiger partial charge in [0.05, 0.1) is 6.10 Å². The molecule has 1 N–H and O–H groups in total. The van der Waals surface area contributed by atoms with Crippen molar-refractivity contribution in [3.63, 3.8) is 0 Å². The molecule has 2 atom stereocenters. The molecule has 0 heterocycles. The topological polar surface area (TPSA) is 55.4 Å². The van der Waals surface area contributed by atoms with Crippen molar-refractivity contribution in [1.82, 2.24) is 5.32 Å². The molecule has 5 heteroatoms. The molecule has 0 aromatic carbocycles. The first-order valence-corrected chi connectivity index (χ1v) is 7.33. The van der Waals surface area contributed by atoms with Crippen LogP contribution in [0.1, 0.15) is 26.2 Å². The van der Waals surface area contributed by atoms with E-state index in [9.17, 15) is 8.42 Å². The molecule has 0 aromatic rings. The molecule has 0 radical (unpaired) electrons. The molecule has 0 rings (SSSR count). The van der Waals surface area contributed by atoms with E-state index in [4.69, 9.17) is 4.74 Å². The lowest BCUT2D eigenvalue weighted by Crippen LogP contribution is -2.30. The number of methoxy groups -OCH3 is 1. The molecule has 2 unspecified atom stereocenters. The first-order chi connectivity index (χ1) is 6.89. The normalized spacial score (nSPS) is 16.3. The maximum Gasteiger partial charge on any atom is 0.147 e. The van der Waals surface area contributed by atoms with Gasteiger partial charge >= 0.3 is 0 Å². The first-order valence-electron chi connectivity index (χ1n) is 5.26. The van der Waals surface area contributed by atoms with Crippen molar-refractivity contribution in [1.29, 1.82) is 0 Å². The van der Waals surface area contributed by atoms with Crippen LogP contribution in [-0.2, 0) is 14.6 Å². The molecule has 4 nitrogen and oxygen atoms in total. The Kier molecular flexibility index (Phi) is 7.13. The van der Waals surface area contributed by atoms with E-state index in [0.717, 1.165) is 12.8 Å². The largest absolute Gasteiger partial charge is 0.382 e. The van der Waals surface area contributed by atoms with Crippen LogP contribution in [0.15, 0.2) is 0 Å². The van der Waals surface area contributed by atoms with Crippen LogP contribution >= 0.6 is 0 Å². The van der Waals surface area contributed by atoms with Gasteiger partial charge in [0.2, 0.25) is 0 Å². The van der Waals surface area contributed by atoms with Gasteiger partial charge in [-0.15, -0.1) is 0 Å². The van der Waals surface area contributed by atoms with Gasteiger partial charge in [-0.2, -0.15) is 0 Å². The summed E-state index contributed by atoms with van der Waals surface area (Å²) in [7, 11) is 0.764. The van der Waals surface area contributed by atoms with E-state index >= 15 is 0 Å². The van der Waals surface area contributed by atoms with Gasteiger partial charge in [-0.05, 0) is 33.2 Å². The first kappa shape index (κ1) is 14.9. The summed E-state index contributed by atoms with van der Waals surface area (Å²) in [5.74, 6) is 0.270. The predicted molar refractivity (Wildman–Crippen MR) is 62.9 cm³/mol. The zero-order valence-corrected chi connectivity index (χ0v) is 10.9. The zero-order chi connectivity index (χ0) is 11.9. The quantitative estimate of drug-likeness (QED) is 0.679. The Bertz CT molecular complexity index is 251. The van der Waals surface area contributed by atoms with Crippen molar-refractivity contribution in [2.24, 2.45) is 0 Å². The SMILES string of the molecule is CNC(CCCS(C)(=O)=O)CC(C)OC. The third-order valence-corrected chi connectivity index (χ3v) is 3.53. The Morgan fingerprint density at radius 3 is 2.40 bits per heavy atom. The minimum Gasteiger partial charge on any atom is -0.382 e. The van der Waals surface area contributed by atoms with Gasteiger partial charge in [0, 0.05) is 25.2 Å². The molecular formula is C10H23NO3S. The second-order valence-electron chi connectivity index (χ2n) is 4.04. The Morgan fingerprint density at radius 2 is 2.00 bits per heavy atom. The van der Waals surface area contributed by atoms with Gasteiger partial charge in [0.25, 0.3) is 0 Å². The molecule has 0 aliphatic carbocycles. The lowest BCUT2D eigenvalue weighted by atomic mass is 10.1. The van der Waals surface area contributed by atoms with Gasteiger partial charge in [-0.25, -0.2) is 8.42 Å². The van der Waals surface area contributed by atoms with Crippen LogP contribution in [0, 0.1) is 0 Å². The summed E-state index contributed by atoms with van der Waals surface area (Å²) in [6, 6.07) is 0.335. The minimum absolute atomic E-state index is 0.209. The van der Waals surface area contributed by atoms with Crippen molar-refractivity contribution in [2.75, 3.05) is 26.2 Å². The Labute approximate surface area is 93.3 Å². The highest BCUT2D eigenvalue weighted by Crippen LogP contribution is 2.07. The highest BCUT2D eigenvalue weighted by molar-refractivity contribution is 7.90. The van der Waals surface area contributed by atoms with Crippen LogP contribution in [0.3, 0.4) is 0 Å². The van der Waals surface area contributed by atoms with Gasteiger partial charge in [-0.3, -0.25) is 0 Å². The molecule has 0 aliphatic rings. The van der Waals surface area contributed by atoms with E-state index in [1.807, 2.05) is 14.0 Å². The molecular weight excluding hydrogens is 214 g/mol. The Hall–Kier alpha value is -0.130. The highest BCUT2D eigenvalue weighted by Gasteiger charge is 2.11. The van der Waals surface area contributed by atoms with Gasteiger partial charge in [0.1, 0.15) is 9.84 Å². The summed E-state index contributed by atoms with van der Waals surface area (Å²) in [4.78, 5) is 0. The average Bonchev–Trinajstić information content (AvgIpc) is 2.14. The molecule has 15 heavy (non-hydrogen) atoms. The monoisotopic (exact) mass is 237 g/mol. The number of sulfone groups is 1. The number of ether oxygens (including phenoxy) is 1. The van der Waals surface area contributed by atoms with Crippen LogP contribution in [0.2, 0.25) is 0 Å². The fourth-order valence-corrected chi connectivity index (χ4v) is 2.16. The molecule has 0 amide bonds. The highest BCUT2D eigenvalue weighted by atomic mass is 32.2. The zero-order valence-electron chi connectivity index (χ0n) is 10.1. The third kappa shape index (κ3) is 8.84. The Balaban J connectivity index is 3.80. The van der Waals surface area contributed by atoms with E-state index in [1.54, 1.807) is 7.11 Å². The second kappa shape index (κ2) is 7.19. The number of rotatable bonds is 8. The van der Waals surface area contributed by atoms with Crippen LogP contribution < -0.4 is 5.32 Å². The van der Waals surface area contributed by atoms with Gasteiger partial charge < -0.3 is 10.1 Å². The van der Waals surface area contributed by atoms with Crippen molar-refractivity contribution >= 4 is 9.84 Å². The predicted octanol–water partition coefficient (Wildman–Crippen LogP) is 0.824. The summed E-state index contributed by atoms with van der Waals surface area (Å²) in [5, 5.41) is 3.18. The second-order valence-corrected chi connectivity index (χ2v) is 6.30. The van der Waals surface area contributed by atoms with Crippen molar-refractivity contribution in [3.05, 3.63) is 0 Å². The lowest BCUT2D eigenvalue weighted by Gasteiger charge is -2.19. The number of hydrogen-bond donors (Lipinski definition) is 1. The molecule has 0 aromatic heterocycles. The molecule has 0 bridgehead atoms. The number of hydrogen-bond acceptors (Lipinski definition) is 4. The van der Waals surface area contributed by atoms with Crippen LogP contribution in [0.5, 0.6) is 0 Å². The summed E-state index contributed by atoms with van der Waals surface area (Å²) in [6.07, 6.45) is 3.98. The average molecular weight is 237 g/mol. The molecule has 0 saturated carbocycles. The maximum atomic E-state index is 10.9. The van der Waals surface area contributed by atoms with E-state index in [-0.39, 0.29) is 11.9 Å².